The third kappa shape index (κ3) is 13.7. The van der Waals surface area contributed by atoms with Crippen LogP contribution < -0.4 is 10.6 Å². The molecule has 0 aliphatic heterocycles. The van der Waals surface area contributed by atoms with Gasteiger partial charge in [0.1, 0.15) is 12.1 Å². The zero-order chi connectivity index (χ0) is 33.2. The molecule has 1 aromatic rings. The molecule has 0 aromatic heterocycles. The van der Waals surface area contributed by atoms with E-state index in [9.17, 15) is 24.6 Å². The number of hydrogen-bond donors (Lipinski definition) is 4. The fourth-order valence-electron chi connectivity index (χ4n) is 5.69. The highest BCUT2D eigenvalue weighted by atomic mass is 16.3. The second kappa shape index (κ2) is 20.6. The molecule has 0 bridgehead atoms. The summed E-state index contributed by atoms with van der Waals surface area (Å²) in [4.78, 5) is 44.5. The van der Waals surface area contributed by atoms with Crippen LogP contribution in [0.2, 0.25) is 0 Å². The number of rotatable bonds is 18. The van der Waals surface area contributed by atoms with Gasteiger partial charge < -0.3 is 30.6 Å². The maximum absolute atomic E-state index is 13.8. The normalized spacial score (nSPS) is 16.7. The summed E-state index contributed by atoms with van der Waals surface area (Å²) in [5, 5.41) is 27.3. The first-order valence-electron chi connectivity index (χ1n) is 16.4. The van der Waals surface area contributed by atoms with E-state index in [0.29, 0.717) is 25.3 Å². The molecule has 2 rings (SSSR count). The maximum atomic E-state index is 13.8. The second-order valence-corrected chi connectivity index (χ2v) is 12.3. The summed E-state index contributed by atoms with van der Waals surface area (Å²) in [5.74, 6) is 6.59. The lowest BCUT2D eigenvalue weighted by Crippen LogP contribution is -2.55. The van der Waals surface area contributed by atoms with Crippen LogP contribution in [-0.2, 0) is 20.8 Å². The molecule has 1 aliphatic rings. The standard InChI is InChI=1S/C36H54N4O5/c1-6-9-21-30(36(45)38-31(34(43)32(41)16-7-2)25-28-19-14-11-15-20-28)37-35(44)29(24-27-17-12-10-13-18-27)26-33(42)40(5)23-22-39(4)8-3/h2,10,12-13,17-18,28-32,34,41,43H,8,11,14-16,19-26H2,1,3-5H3,(H,37,44)(H,38,45)/t29?,30-,31?,32?,34+/m0/s1. The van der Waals surface area contributed by atoms with Gasteiger partial charge in [-0.3, -0.25) is 14.4 Å². The summed E-state index contributed by atoms with van der Waals surface area (Å²) in [6.07, 6.45) is 9.09. The van der Waals surface area contributed by atoms with E-state index in [1.54, 1.807) is 18.9 Å². The molecule has 45 heavy (non-hydrogen) atoms. The van der Waals surface area contributed by atoms with Crippen molar-refractivity contribution in [3.63, 3.8) is 0 Å². The molecule has 1 fully saturated rings. The number of aliphatic hydroxyl groups is 2. The number of hydrogen-bond acceptors (Lipinski definition) is 6. The Morgan fingerprint density at radius 2 is 1.69 bits per heavy atom. The van der Waals surface area contributed by atoms with E-state index in [-0.39, 0.29) is 25.2 Å². The van der Waals surface area contributed by atoms with Gasteiger partial charge in [0.25, 0.3) is 0 Å². The summed E-state index contributed by atoms with van der Waals surface area (Å²) >= 11 is 0. The summed E-state index contributed by atoms with van der Waals surface area (Å²) in [6, 6.07) is 7.74. The van der Waals surface area contributed by atoms with Gasteiger partial charge in [0.15, 0.2) is 0 Å². The van der Waals surface area contributed by atoms with E-state index in [2.05, 4.69) is 40.2 Å². The maximum Gasteiger partial charge on any atom is 0.243 e. The minimum Gasteiger partial charge on any atom is -0.389 e. The molecule has 0 heterocycles. The van der Waals surface area contributed by atoms with E-state index in [0.717, 1.165) is 50.8 Å². The number of carbonyl (C=O) groups excluding carboxylic acids is 3. The molecule has 1 aliphatic carbocycles. The molecular weight excluding hydrogens is 568 g/mol. The lowest BCUT2D eigenvalue weighted by molar-refractivity contribution is -0.136. The number of carbonyl (C=O) groups is 3. The van der Waals surface area contributed by atoms with Crippen molar-refractivity contribution < 1.29 is 24.6 Å². The van der Waals surface area contributed by atoms with Crippen molar-refractivity contribution in [2.45, 2.75) is 102 Å². The molecule has 248 valence electrons. The van der Waals surface area contributed by atoms with Crippen LogP contribution in [0.1, 0.15) is 77.2 Å². The van der Waals surface area contributed by atoms with Gasteiger partial charge in [-0.05, 0) is 44.8 Å². The molecular formula is C36H54N4O5. The molecule has 9 nitrogen and oxygen atoms in total. The van der Waals surface area contributed by atoms with Gasteiger partial charge in [0.2, 0.25) is 17.7 Å². The van der Waals surface area contributed by atoms with Crippen LogP contribution in [0.5, 0.6) is 0 Å². The van der Waals surface area contributed by atoms with Gasteiger partial charge in [0.05, 0.1) is 18.1 Å². The molecule has 5 atom stereocenters. The smallest absolute Gasteiger partial charge is 0.243 e. The van der Waals surface area contributed by atoms with Crippen LogP contribution in [0.3, 0.4) is 0 Å². The van der Waals surface area contributed by atoms with Crippen LogP contribution in [0, 0.1) is 36.0 Å². The molecule has 4 N–H and O–H groups in total. The van der Waals surface area contributed by atoms with Crippen LogP contribution in [0.15, 0.2) is 30.3 Å². The first kappa shape index (κ1) is 37.8. The van der Waals surface area contributed by atoms with Crippen molar-refractivity contribution in [3.8, 4) is 24.2 Å². The minimum atomic E-state index is -1.26. The summed E-state index contributed by atoms with van der Waals surface area (Å²) in [7, 11) is 3.73. The Bertz CT molecular complexity index is 1150. The van der Waals surface area contributed by atoms with Crippen molar-refractivity contribution in [2.75, 3.05) is 33.7 Å². The number of nitrogens with zero attached hydrogens (tertiary/aromatic N) is 2. The van der Waals surface area contributed by atoms with Gasteiger partial charge >= 0.3 is 0 Å². The predicted molar refractivity (Wildman–Crippen MR) is 178 cm³/mol. The fourth-order valence-corrected chi connectivity index (χ4v) is 5.69. The van der Waals surface area contributed by atoms with Gasteiger partial charge in [0, 0.05) is 39.4 Å². The van der Waals surface area contributed by atoms with Crippen molar-refractivity contribution in [3.05, 3.63) is 35.9 Å². The van der Waals surface area contributed by atoms with E-state index in [4.69, 9.17) is 6.42 Å². The third-order valence-electron chi connectivity index (χ3n) is 8.79. The zero-order valence-electron chi connectivity index (χ0n) is 27.6. The first-order valence-corrected chi connectivity index (χ1v) is 16.4. The Labute approximate surface area is 270 Å². The van der Waals surface area contributed by atoms with Crippen LogP contribution in [0.4, 0.5) is 0 Å². The molecule has 1 aromatic carbocycles. The summed E-state index contributed by atoms with van der Waals surface area (Å²) in [6.45, 7) is 5.83. The number of benzene rings is 1. The van der Waals surface area contributed by atoms with Crippen molar-refractivity contribution in [1.82, 2.24) is 20.4 Å². The molecule has 9 heteroatoms. The molecule has 3 amide bonds. The van der Waals surface area contributed by atoms with Gasteiger partial charge in [-0.25, -0.2) is 0 Å². The Morgan fingerprint density at radius 3 is 2.31 bits per heavy atom. The number of nitrogens with one attached hydrogen (secondary N) is 2. The average molecular weight is 623 g/mol. The third-order valence-corrected chi connectivity index (χ3v) is 8.79. The highest BCUT2D eigenvalue weighted by Gasteiger charge is 2.33. The average Bonchev–Trinajstić information content (AvgIpc) is 3.05. The topological polar surface area (TPSA) is 122 Å². The molecule has 0 spiro atoms. The van der Waals surface area contributed by atoms with Gasteiger partial charge in [-0.1, -0.05) is 69.4 Å². The van der Waals surface area contributed by atoms with Gasteiger partial charge in [-0.15, -0.1) is 24.2 Å². The largest absolute Gasteiger partial charge is 0.389 e. The van der Waals surface area contributed by atoms with Crippen molar-refractivity contribution in [1.29, 1.82) is 0 Å². The van der Waals surface area contributed by atoms with E-state index in [1.165, 1.54) is 0 Å². The molecule has 1 saturated carbocycles. The number of terminal acetylenes is 1. The van der Waals surface area contributed by atoms with E-state index in [1.807, 2.05) is 37.4 Å². The Balaban J connectivity index is 2.24. The molecule has 3 unspecified atom stereocenters. The number of likely N-dealkylation sites (N-methyl/N-ethyl adjacent to an activating group) is 2. The lowest BCUT2D eigenvalue weighted by atomic mass is 9.82. The fraction of sp³-hybridized carbons (Fsp3) is 0.639. The Kier molecular flexibility index (Phi) is 17.3. The predicted octanol–water partition coefficient (Wildman–Crippen LogP) is 2.74. The first-order chi connectivity index (χ1) is 21.6. The monoisotopic (exact) mass is 622 g/mol. The van der Waals surface area contributed by atoms with Crippen LogP contribution >= 0.6 is 0 Å². The summed E-state index contributed by atoms with van der Waals surface area (Å²) < 4.78 is 0. The molecule has 0 radical (unpaired) electrons. The highest BCUT2D eigenvalue weighted by molar-refractivity contribution is 5.91. The van der Waals surface area contributed by atoms with Crippen LogP contribution in [-0.4, -0.2) is 95.8 Å². The highest BCUT2D eigenvalue weighted by Crippen LogP contribution is 2.28. The van der Waals surface area contributed by atoms with Gasteiger partial charge in [-0.2, -0.15) is 0 Å². The summed E-state index contributed by atoms with van der Waals surface area (Å²) in [5.41, 5.74) is 0.909. The minimum absolute atomic E-state index is 0.0117. The molecule has 0 saturated heterocycles. The number of aliphatic hydroxyl groups excluding tert-OH is 2. The van der Waals surface area contributed by atoms with E-state index >= 15 is 0 Å². The second-order valence-electron chi connectivity index (χ2n) is 12.3. The van der Waals surface area contributed by atoms with Crippen LogP contribution in [0.25, 0.3) is 0 Å². The van der Waals surface area contributed by atoms with Crippen molar-refractivity contribution in [2.24, 2.45) is 11.8 Å². The van der Waals surface area contributed by atoms with Crippen molar-refractivity contribution >= 4 is 17.7 Å². The number of amides is 3. The Morgan fingerprint density at radius 1 is 1.00 bits per heavy atom. The van der Waals surface area contributed by atoms with E-state index < -0.39 is 42.0 Å². The quantitative estimate of drug-likeness (QED) is 0.187. The lowest BCUT2D eigenvalue weighted by Gasteiger charge is -2.33. The Hall–Kier alpha value is -3.37. The SMILES string of the molecule is C#CCC(O)[C@H](O)C(CC1CCCCC1)NC(=O)[C@H](CC#CC)NC(=O)C(CC(=O)N(C)CCN(C)CC)Cc1ccccc1. The zero-order valence-corrected chi connectivity index (χ0v) is 27.6.